The minimum atomic E-state index is -0.460. The Morgan fingerprint density at radius 1 is 1.67 bits per heavy atom. The summed E-state index contributed by atoms with van der Waals surface area (Å²) in [4.78, 5) is 0.884. The number of aliphatic hydroxyl groups is 1. The van der Waals surface area contributed by atoms with Gasteiger partial charge in [-0.05, 0) is 18.6 Å². The Hall–Kier alpha value is -0.490. The van der Waals surface area contributed by atoms with Crippen LogP contribution < -0.4 is 0 Å². The summed E-state index contributed by atoms with van der Waals surface area (Å²) in [6, 6.07) is 3.61. The highest BCUT2D eigenvalue weighted by Gasteiger charge is 2.08. The molecule has 1 aromatic rings. The SMILES string of the molecule is C#CCCC(O)c1ccc(Cl)s1. The molecule has 1 nitrogen and oxygen atoms in total. The first-order valence-electron chi connectivity index (χ1n) is 3.61. The molecule has 12 heavy (non-hydrogen) atoms. The second kappa shape index (κ2) is 4.51. The molecule has 1 N–H and O–H groups in total. The van der Waals surface area contributed by atoms with Gasteiger partial charge in [-0.3, -0.25) is 0 Å². The predicted octanol–water partition coefficient (Wildman–Crippen LogP) is 2.85. The summed E-state index contributed by atoms with van der Waals surface area (Å²) in [5.41, 5.74) is 0. The first-order valence-corrected chi connectivity index (χ1v) is 4.80. The highest BCUT2D eigenvalue weighted by Crippen LogP contribution is 2.28. The van der Waals surface area contributed by atoms with E-state index in [1.807, 2.05) is 6.07 Å². The number of aliphatic hydroxyl groups excluding tert-OH is 1. The summed E-state index contributed by atoms with van der Waals surface area (Å²) in [5, 5.41) is 9.52. The first kappa shape index (κ1) is 9.60. The lowest BCUT2D eigenvalue weighted by Gasteiger charge is -2.04. The molecule has 0 saturated heterocycles. The van der Waals surface area contributed by atoms with Crippen LogP contribution >= 0.6 is 22.9 Å². The van der Waals surface area contributed by atoms with Crippen molar-refractivity contribution in [2.75, 3.05) is 0 Å². The molecule has 1 heterocycles. The molecule has 1 aromatic heterocycles. The molecule has 0 saturated carbocycles. The second-order valence-corrected chi connectivity index (χ2v) is 4.15. The van der Waals surface area contributed by atoms with Crippen LogP contribution in [0, 0.1) is 12.3 Å². The Kier molecular flexibility index (Phi) is 3.61. The van der Waals surface area contributed by atoms with Crippen LogP contribution in [0.5, 0.6) is 0 Å². The van der Waals surface area contributed by atoms with Crippen molar-refractivity contribution in [3.63, 3.8) is 0 Å². The topological polar surface area (TPSA) is 20.2 Å². The smallest absolute Gasteiger partial charge is 0.0932 e. The number of terminal acetylenes is 1. The van der Waals surface area contributed by atoms with Gasteiger partial charge >= 0.3 is 0 Å². The quantitative estimate of drug-likeness (QED) is 0.744. The molecular weight excluding hydrogens is 192 g/mol. The summed E-state index contributed by atoms with van der Waals surface area (Å²) in [6.07, 6.45) is 5.82. The molecule has 0 aliphatic carbocycles. The average molecular weight is 201 g/mol. The molecule has 1 atom stereocenters. The molecule has 1 rings (SSSR count). The van der Waals surface area contributed by atoms with Gasteiger partial charge in [-0.25, -0.2) is 0 Å². The van der Waals surface area contributed by atoms with Crippen LogP contribution in [-0.4, -0.2) is 5.11 Å². The predicted molar refractivity (Wildman–Crippen MR) is 52.4 cm³/mol. The van der Waals surface area contributed by atoms with E-state index >= 15 is 0 Å². The molecule has 0 radical (unpaired) electrons. The van der Waals surface area contributed by atoms with Crippen LogP contribution in [-0.2, 0) is 0 Å². The summed E-state index contributed by atoms with van der Waals surface area (Å²) in [6.45, 7) is 0. The highest BCUT2D eigenvalue weighted by atomic mass is 35.5. The number of rotatable bonds is 3. The highest BCUT2D eigenvalue weighted by molar-refractivity contribution is 7.16. The normalized spacial score (nSPS) is 12.4. The van der Waals surface area contributed by atoms with Crippen molar-refractivity contribution in [2.45, 2.75) is 18.9 Å². The van der Waals surface area contributed by atoms with Crippen LogP contribution in [0.15, 0.2) is 12.1 Å². The van der Waals surface area contributed by atoms with Crippen LogP contribution in [0.3, 0.4) is 0 Å². The zero-order valence-corrected chi connectivity index (χ0v) is 8.03. The van der Waals surface area contributed by atoms with Crippen molar-refractivity contribution in [3.8, 4) is 12.3 Å². The van der Waals surface area contributed by atoms with Crippen LogP contribution in [0.2, 0.25) is 4.34 Å². The molecule has 0 aliphatic heterocycles. The van der Waals surface area contributed by atoms with Crippen molar-refractivity contribution in [3.05, 3.63) is 21.3 Å². The monoisotopic (exact) mass is 200 g/mol. The van der Waals surface area contributed by atoms with E-state index in [1.165, 1.54) is 11.3 Å². The van der Waals surface area contributed by atoms with Gasteiger partial charge in [0, 0.05) is 11.3 Å². The van der Waals surface area contributed by atoms with Gasteiger partial charge in [0.1, 0.15) is 0 Å². The van der Waals surface area contributed by atoms with Crippen molar-refractivity contribution in [2.24, 2.45) is 0 Å². The Labute approximate surface area is 81.0 Å². The standard InChI is InChI=1S/C9H9ClOS/c1-2-3-4-7(11)8-5-6-9(10)12-8/h1,5-7,11H,3-4H2. The molecular formula is C9H9ClOS. The molecule has 0 aliphatic rings. The fourth-order valence-electron chi connectivity index (χ4n) is 0.870. The molecule has 3 heteroatoms. The average Bonchev–Trinajstić information content (AvgIpc) is 2.47. The van der Waals surface area contributed by atoms with Crippen molar-refractivity contribution < 1.29 is 5.11 Å². The summed E-state index contributed by atoms with van der Waals surface area (Å²) >= 11 is 7.10. The largest absolute Gasteiger partial charge is 0.388 e. The number of thiophene rings is 1. The van der Waals surface area contributed by atoms with Gasteiger partial charge in [0.25, 0.3) is 0 Å². The van der Waals surface area contributed by atoms with E-state index in [1.54, 1.807) is 6.07 Å². The summed E-state index contributed by atoms with van der Waals surface area (Å²) in [7, 11) is 0. The van der Waals surface area contributed by atoms with E-state index in [0.717, 1.165) is 4.88 Å². The van der Waals surface area contributed by atoms with Crippen molar-refractivity contribution >= 4 is 22.9 Å². The Morgan fingerprint density at radius 3 is 2.92 bits per heavy atom. The number of hydrogen-bond donors (Lipinski definition) is 1. The maximum atomic E-state index is 9.52. The lowest BCUT2D eigenvalue weighted by molar-refractivity contribution is 0.173. The fraction of sp³-hybridized carbons (Fsp3) is 0.333. The van der Waals surface area contributed by atoms with E-state index < -0.39 is 6.10 Å². The third kappa shape index (κ3) is 2.53. The van der Waals surface area contributed by atoms with Crippen LogP contribution in [0.4, 0.5) is 0 Å². The van der Waals surface area contributed by atoms with Gasteiger partial charge in [-0.2, -0.15) is 0 Å². The second-order valence-electron chi connectivity index (χ2n) is 2.40. The Bertz CT molecular complexity index is 287. The molecule has 0 bridgehead atoms. The van der Waals surface area contributed by atoms with Crippen molar-refractivity contribution in [1.29, 1.82) is 0 Å². The molecule has 0 aromatic carbocycles. The van der Waals surface area contributed by atoms with Crippen LogP contribution in [0.1, 0.15) is 23.8 Å². The van der Waals surface area contributed by atoms with Gasteiger partial charge in [0.05, 0.1) is 10.4 Å². The molecule has 64 valence electrons. The number of halogens is 1. The van der Waals surface area contributed by atoms with E-state index in [4.69, 9.17) is 18.0 Å². The third-order valence-electron chi connectivity index (χ3n) is 1.48. The Morgan fingerprint density at radius 2 is 2.42 bits per heavy atom. The van der Waals surface area contributed by atoms with E-state index in [2.05, 4.69) is 5.92 Å². The summed E-state index contributed by atoms with van der Waals surface area (Å²) < 4.78 is 0.699. The van der Waals surface area contributed by atoms with Gasteiger partial charge in [-0.1, -0.05) is 11.6 Å². The third-order valence-corrected chi connectivity index (χ3v) is 2.82. The number of hydrogen-bond acceptors (Lipinski definition) is 2. The van der Waals surface area contributed by atoms with Crippen molar-refractivity contribution in [1.82, 2.24) is 0 Å². The lowest BCUT2D eigenvalue weighted by atomic mass is 10.2. The molecule has 0 amide bonds. The van der Waals surface area contributed by atoms with Gasteiger partial charge in [0.2, 0.25) is 0 Å². The Balaban J connectivity index is 2.54. The minimum Gasteiger partial charge on any atom is -0.388 e. The van der Waals surface area contributed by atoms with E-state index in [0.29, 0.717) is 17.2 Å². The minimum absolute atomic E-state index is 0.460. The van der Waals surface area contributed by atoms with E-state index in [-0.39, 0.29) is 0 Å². The zero-order chi connectivity index (χ0) is 8.97. The first-order chi connectivity index (χ1) is 5.74. The molecule has 0 spiro atoms. The maximum absolute atomic E-state index is 9.52. The fourth-order valence-corrected chi connectivity index (χ4v) is 1.95. The maximum Gasteiger partial charge on any atom is 0.0932 e. The summed E-state index contributed by atoms with van der Waals surface area (Å²) in [5.74, 6) is 2.49. The molecule has 1 unspecified atom stereocenters. The zero-order valence-electron chi connectivity index (χ0n) is 6.46. The van der Waals surface area contributed by atoms with Gasteiger partial charge < -0.3 is 5.11 Å². The lowest BCUT2D eigenvalue weighted by Crippen LogP contribution is -1.92. The van der Waals surface area contributed by atoms with Gasteiger partial charge in [-0.15, -0.1) is 23.7 Å². The molecule has 0 fully saturated rings. The van der Waals surface area contributed by atoms with Crippen LogP contribution in [0.25, 0.3) is 0 Å². The van der Waals surface area contributed by atoms with E-state index in [9.17, 15) is 5.11 Å². The van der Waals surface area contributed by atoms with Gasteiger partial charge in [0.15, 0.2) is 0 Å².